The van der Waals surface area contributed by atoms with Crippen molar-refractivity contribution in [3.63, 3.8) is 0 Å². The molecule has 2 fully saturated rings. The number of hydrogen-bond acceptors (Lipinski definition) is 4. The molecule has 10 rings (SSSR count). The molecule has 6 aromatic rings. The van der Waals surface area contributed by atoms with Crippen LogP contribution in [0, 0.1) is 5.82 Å². The predicted molar refractivity (Wildman–Crippen MR) is 233 cm³/mol. The molecule has 0 aromatic heterocycles. The molecule has 2 unspecified atom stereocenters. The molecule has 2 heterocycles. The van der Waals surface area contributed by atoms with Gasteiger partial charge in [-0.25, -0.2) is 4.39 Å². The third-order valence-electron chi connectivity index (χ3n) is 13.4. The molecule has 2 aliphatic heterocycles. The first-order valence-corrected chi connectivity index (χ1v) is 21.8. The Morgan fingerprint density at radius 1 is 0.556 bits per heavy atom. The Kier molecular flexibility index (Phi) is 10.8. The van der Waals surface area contributed by atoms with E-state index in [9.17, 15) is 27.2 Å². The molecule has 2 amide bonds. The summed E-state index contributed by atoms with van der Waals surface area (Å²) in [5.74, 6) is 0.956. The second kappa shape index (κ2) is 16.7. The quantitative estimate of drug-likeness (QED) is 0.122. The van der Waals surface area contributed by atoms with Crippen molar-refractivity contribution in [2.45, 2.75) is 95.4 Å². The van der Waals surface area contributed by atoms with Crippen LogP contribution in [-0.2, 0) is 32.5 Å². The van der Waals surface area contributed by atoms with Crippen molar-refractivity contribution in [3.05, 3.63) is 178 Å². The highest BCUT2D eigenvalue weighted by Gasteiger charge is 2.38. The Morgan fingerprint density at radius 3 is 1.73 bits per heavy atom. The van der Waals surface area contributed by atoms with Gasteiger partial charge in [0.25, 0.3) is 11.8 Å². The SMILES string of the molecule is O=C1c2ccc(OCc3cccc(-c4ccc(C5CCC(N6Cc7cc(OCc8cccc(-c9ccc(C(F)(F)F)cc9F)c8)ccc7C6=O)C5)cc4)c3)cc2CN1C1CCCC1. The van der Waals surface area contributed by atoms with Gasteiger partial charge in [0.2, 0.25) is 0 Å². The maximum absolute atomic E-state index is 14.7. The third kappa shape index (κ3) is 8.31. The summed E-state index contributed by atoms with van der Waals surface area (Å²) >= 11 is 0. The molecule has 0 spiro atoms. The first-order valence-electron chi connectivity index (χ1n) is 21.8. The number of carbonyl (C=O) groups is 2. The normalized spacial score (nSPS) is 18.6. The standard InChI is InChI=1S/C53H46F4N2O4/c54-50-28-42(53(55,56)57)16-20-47(50)39-8-4-6-34(24-39)32-63-46-19-22-49-41(27-46)30-59(52(49)61)44-17-15-38(25-44)36-13-11-35(12-14-36)37-7-3-5-33(23-37)31-62-45-18-21-48-40(26-45)29-58(51(48)60)43-9-1-2-10-43/h3-8,11-14,16,18-24,26-28,38,43-44H,1-2,9-10,15,17,25,29-32H2. The van der Waals surface area contributed by atoms with Crippen LogP contribution in [0.2, 0.25) is 0 Å². The number of benzene rings is 6. The Hall–Kier alpha value is -6.42. The van der Waals surface area contributed by atoms with Gasteiger partial charge >= 0.3 is 6.18 Å². The van der Waals surface area contributed by atoms with Gasteiger partial charge in [-0.05, 0) is 143 Å². The van der Waals surface area contributed by atoms with Crippen molar-refractivity contribution in [2.75, 3.05) is 0 Å². The molecule has 4 aliphatic rings. The van der Waals surface area contributed by atoms with Crippen molar-refractivity contribution >= 4 is 11.8 Å². The highest BCUT2D eigenvalue weighted by Crippen LogP contribution is 2.41. The first-order chi connectivity index (χ1) is 30.5. The monoisotopic (exact) mass is 850 g/mol. The molecule has 2 saturated carbocycles. The van der Waals surface area contributed by atoms with Crippen molar-refractivity contribution in [2.24, 2.45) is 0 Å². The van der Waals surface area contributed by atoms with E-state index in [4.69, 9.17) is 9.47 Å². The zero-order valence-electron chi connectivity index (χ0n) is 34.7. The molecule has 63 heavy (non-hydrogen) atoms. The number of carbonyl (C=O) groups excluding carboxylic acids is 2. The molecule has 0 N–H and O–H groups in total. The summed E-state index contributed by atoms with van der Waals surface area (Å²) in [5, 5.41) is 0. The molecule has 10 heteroatoms. The van der Waals surface area contributed by atoms with Crippen LogP contribution in [0.25, 0.3) is 22.3 Å². The molecule has 2 aliphatic carbocycles. The lowest BCUT2D eigenvalue weighted by Crippen LogP contribution is -2.33. The van der Waals surface area contributed by atoms with Gasteiger partial charge in [-0.2, -0.15) is 13.2 Å². The van der Waals surface area contributed by atoms with E-state index in [0.29, 0.717) is 54.6 Å². The molecule has 2 atom stereocenters. The van der Waals surface area contributed by atoms with Crippen LogP contribution in [0.3, 0.4) is 0 Å². The topological polar surface area (TPSA) is 59.1 Å². The molecule has 0 radical (unpaired) electrons. The van der Waals surface area contributed by atoms with Gasteiger partial charge in [0, 0.05) is 41.9 Å². The highest BCUT2D eigenvalue weighted by atomic mass is 19.4. The Bertz CT molecular complexity index is 2710. The van der Waals surface area contributed by atoms with Crippen molar-refractivity contribution in [3.8, 4) is 33.8 Å². The van der Waals surface area contributed by atoms with E-state index in [1.165, 1.54) is 18.4 Å². The predicted octanol–water partition coefficient (Wildman–Crippen LogP) is 12.5. The first kappa shape index (κ1) is 40.6. The minimum Gasteiger partial charge on any atom is -0.489 e. The second-order valence-corrected chi connectivity index (χ2v) is 17.4. The van der Waals surface area contributed by atoms with Crippen LogP contribution < -0.4 is 9.47 Å². The lowest BCUT2D eigenvalue weighted by Gasteiger charge is -2.24. The number of rotatable bonds is 11. The number of halogens is 4. The number of nitrogens with zero attached hydrogens (tertiary/aromatic N) is 2. The summed E-state index contributed by atoms with van der Waals surface area (Å²) in [7, 11) is 0. The van der Waals surface area contributed by atoms with E-state index in [1.54, 1.807) is 24.3 Å². The van der Waals surface area contributed by atoms with Crippen molar-refractivity contribution in [1.29, 1.82) is 0 Å². The number of fused-ring (bicyclic) bond motifs is 2. The number of alkyl halides is 3. The molecule has 320 valence electrons. The average Bonchev–Trinajstić information content (AvgIpc) is 4.12. The summed E-state index contributed by atoms with van der Waals surface area (Å²) in [5.41, 5.74) is 8.24. The maximum Gasteiger partial charge on any atom is 0.416 e. The van der Waals surface area contributed by atoms with E-state index >= 15 is 0 Å². The molecule has 0 bridgehead atoms. The van der Waals surface area contributed by atoms with Gasteiger partial charge in [-0.15, -0.1) is 0 Å². The third-order valence-corrected chi connectivity index (χ3v) is 13.4. The Balaban J connectivity index is 0.729. The van der Waals surface area contributed by atoms with Gasteiger partial charge in [0.05, 0.1) is 5.56 Å². The van der Waals surface area contributed by atoms with E-state index in [2.05, 4.69) is 48.5 Å². The van der Waals surface area contributed by atoms with Crippen LogP contribution in [0.4, 0.5) is 17.6 Å². The Morgan fingerprint density at radius 2 is 1.13 bits per heavy atom. The highest BCUT2D eigenvalue weighted by molar-refractivity contribution is 5.99. The maximum atomic E-state index is 14.7. The average molecular weight is 851 g/mol. The summed E-state index contributed by atoms with van der Waals surface area (Å²) in [6, 6.07) is 38.4. The molecular weight excluding hydrogens is 805 g/mol. The van der Waals surface area contributed by atoms with Crippen LogP contribution in [-0.4, -0.2) is 33.7 Å². The van der Waals surface area contributed by atoms with Crippen LogP contribution in [0.1, 0.15) is 105 Å². The minimum atomic E-state index is -4.62. The van der Waals surface area contributed by atoms with Gasteiger partial charge in [-0.1, -0.05) is 79.6 Å². The number of ether oxygens (including phenoxy) is 2. The van der Waals surface area contributed by atoms with Crippen LogP contribution >= 0.6 is 0 Å². The molecule has 6 aromatic carbocycles. The molecular formula is C53H46F4N2O4. The smallest absolute Gasteiger partial charge is 0.416 e. The van der Waals surface area contributed by atoms with Gasteiger partial charge in [-0.3, -0.25) is 9.59 Å². The minimum absolute atomic E-state index is 0.0323. The lowest BCUT2D eigenvalue weighted by atomic mass is 9.94. The number of hydrogen-bond donors (Lipinski definition) is 0. The largest absolute Gasteiger partial charge is 0.489 e. The van der Waals surface area contributed by atoms with E-state index in [-0.39, 0.29) is 30.0 Å². The fraction of sp³-hybridized carbons (Fsp3) is 0.283. The van der Waals surface area contributed by atoms with Crippen LogP contribution in [0.5, 0.6) is 11.5 Å². The van der Waals surface area contributed by atoms with Gasteiger partial charge in [0.15, 0.2) is 0 Å². The number of amides is 2. The van der Waals surface area contributed by atoms with E-state index in [0.717, 1.165) is 88.9 Å². The second-order valence-electron chi connectivity index (χ2n) is 17.4. The molecule has 6 nitrogen and oxygen atoms in total. The van der Waals surface area contributed by atoms with Crippen LogP contribution in [0.15, 0.2) is 127 Å². The summed E-state index contributed by atoms with van der Waals surface area (Å²) < 4.78 is 66.2. The summed E-state index contributed by atoms with van der Waals surface area (Å²) in [4.78, 5) is 30.7. The van der Waals surface area contributed by atoms with Gasteiger partial charge in [0.1, 0.15) is 30.5 Å². The van der Waals surface area contributed by atoms with E-state index in [1.807, 2.05) is 46.2 Å². The van der Waals surface area contributed by atoms with Crippen molar-refractivity contribution < 1.29 is 36.6 Å². The fourth-order valence-electron chi connectivity index (χ4n) is 10.0. The fourth-order valence-corrected chi connectivity index (χ4v) is 10.0. The molecule has 0 saturated heterocycles. The summed E-state index contributed by atoms with van der Waals surface area (Å²) in [6.07, 6.45) is 2.77. The zero-order valence-corrected chi connectivity index (χ0v) is 34.7. The van der Waals surface area contributed by atoms with Gasteiger partial charge < -0.3 is 19.3 Å². The Labute approximate surface area is 364 Å². The van der Waals surface area contributed by atoms with Crippen molar-refractivity contribution in [1.82, 2.24) is 9.80 Å². The summed E-state index contributed by atoms with van der Waals surface area (Å²) in [6.45, 7) is 1.76. The van der Waals surface area contributed by atoms with E-state index < -0.39 is 17.6 Å². The zero-order chi connectivity index (χ0) is 43.2. The lowest BCUT2D eigenvalue weighted by molar-refractivity contribution is -0.137.